The lowest BCUT2D eigenvalue weighted by molar-refractivity contribution is 0.423. The van der Waals surface area contributed by atoms with Crippen LogP contribution in [-0.2, 0) is 12.9 Å². The van der Waals surface area contributed by atoms with Gasteiger partial charge in [-0.25, -0.2) is 0 Å². The van der Waals surface area contributed by atoms with E-state index < -0.39 is 0 Å². The molecule has 0 saturated heterocycles. The van der Waals surface area contributed by atoms with Gasteiger partial charge in [0.2, 0.25) is 0 Å². The molecule has 2 aromatic heterocycles. The molecule has 68 valence electrons. The summed E-state index contributed by atoms with van der Waals surface area (Å²) in [5.41, 5.74) is 1.63. The van der Waals surface area contributed by atoms with E-state index in [1.54, 1.807) is 10.9 Å². The number of aryl methyl sites for hydroxylation is 1. The number of nitrogens with zero attached hydrogens (tertiary/aromatic N) is 3. The van der Waals surface area contributed by atoms with Crippen LogP contribution in [0.3, 0.4) is 0 Å². The van der Waals surface area contributed by atoms with E-state index in [1.807, 2.05) is 19.2 Å². The Morgan fingerprint density at radius 3 is 3.00 bits per heavy atom. The summed E-state index contributed by atoms with van der Waals surface area (Å²) in [6.07, 6.45) is 1.71. The normalized spacial score (nSPS) is 10.6. The van der Waals surface area contributed by atoms with Crippen LogP contribution in [0.25, 0.3) is 11.5 Å². The maximum Gasteiger partial charge on any atom is 0.185 e. The summed E-state index contributed by atoms with van der Waals surface area (Å²) in [4.78, 5) is 0. The van der Waals surface area contributed by atoms with Gasteiger partial charge in [0, 0.05) is 19.3 Å². The van der Waals surface area contributed by atoms with Crippen LogP contribution in [-0.4, -0.2) is 14.9 Å². The molecule has 0 fully saturated rings. The molecule has 0 aliphatic rings. The molecule has 0 atom stereocenters. The predicted octanol–water partition coefficient (Wildman–Crippen LogP) is 1.81. The molecule has 0 aromatic carbocycles. The SMILES string of the molecule is Cn1nccc1-c1cc(CCl)no1. The zero-order chi connectivity index (χ0) is 9.26. The maximum absolute atomic E-state index is 5.60. The summed E-state index contributed by atoms with van der Waals surface area (Å²) >= 11 is 5.60. The lowest BCUT2D eigenvalue weighted by Gasteiger charge is -1.93. The Balaban J connectivity index is 2.41. The van der Waals surface area contributed by atoms with Gasteiger partial charge in [-0.1, -0.05) is 5.16 Å². The summed E-state index contributed by atoms with van der Waals surface area (Å²) in [5.74, 6) is 1.05. The molecule has 0 bridgehead atoms. The average Bonchev–Trinajstić information content (AvgIpc) is 2.71. The molecule has 2 rings (SSSR count). The number of aromatic nitrogens is 3. The molecule has 4 nitrogen and oxygen atoms in total. The topological polar surface area (TPSA) is 43.9 Å². The first-order chi connectivity index (χ1) is 6.31. The highest BCUT2D eigenvalue weighted by Crippen LogP contribution is 2.19. The Morgan fingerprint density at radius 1 is 1.62 bits per heavy atom. The van der Waals surface area contributed by atoms with Crippen molar-refractivity contribution in [2.45, 2.75) is 5.88 Å². The second kappa shape index (κ2) is 3.22. The lowest BCUT2D eigenvalue weighted by Crippen LogP contribution is -1.91. The van der Waals surface area contributed by atoms with Crippen LogP contribution < -0.4 is 0 Å². The Bertz CT molecular complexity index is 407. The number of hydrogen-bond acceptors (Lipinski definition) is 3. The Morgan fingerprint density at radius 2 is 2.46 bits per heavy atom. The van der Waals surface area contributed by atoms with E-state index in [1.165, 1.54) is 0 Å². The molecule has 13 heavy (non-hydrogen) atoms. The fraction of sp³-hybridized carbons (Fsp3) is 0.250. The van der Waals surface area contributed by atoms with Crippen LogP contribution in [0, 0.1) is 0 Å². The second-order valence-electron chi connectivity index (χ2n) is 2.66. The number of alkyl halides is 1. The summed E-state index contributed by atoms with van der Waals surface area (Å²) < 4.78 is 6.81. The van der Waals surface area contributed by atoms with Crippen molar-refractivity contribution in [2.24, 2.45) is 7.05 Å². The molecule has 0 N–H and O–H groups in total. The van der Waals surface area contributed by atoms with Gasteiger partial charge in [0.05, 0.1) is 11.6 Å². The van der Waals surface area contributed by atoms with Crippen LogP contribution in [0.1, 0.15) is 5.69 Å². The van der Waals surface area contributed by atoms with Gasteiger partial charge in [0.1, 0.15) is 5.69 Å². The highest BCUT2D eigenvalue weighted by atomic mass is 35.5. The van der Waals surface area contributed by atoms with Gasteiger partial charge < -0.3 is 4.52 Å². The second-order valence-corrected chi connectivity index (χ2v) is 2.92. The fourth-order valence-electron chi connectivity index (χ4n) is 1.11. The van der Waals surface area contributed by atoms with Crippen molar-refractivity contribution in [3.63, 3.8) is 0 Å². The Labute approximate surface area is 80.1 Å². The van der Waals surface area contributed by atoms with E-state index >= 15 is 0 Å². The molecular weight excluding hydrogens is 190 g/mol. The minimum atomic E-state index is 0.362. The van der Waals surface area contributed by atoms with Crippen LogP contribution in [0.5, 0.6) is 0 Å². The third-order valence-electron chi connectivity index (χ3n) is 1.77. The van der Waals surface area contributed by atoms with Gasteiger partial charge in [-0.05, 0) is 6.07 Å². The van der Waals surface area contributed by atoms with Gasteiger partial charge in [-0.2, -0.15) is 5.10 Å². The number of halogens is 1. The molecule has 0 saturated carbocycles. The first-order valence-electron chi connectivity index (χ1n) is 3.81. The standard InChI is InChI=1S/C8H8ClN3O/c1-12-7(2-3-10-12)8-4-6(5-9)11-13-8/h2-4H,5H2,1H3. The highest BCUT2D eigenvalue weighted by molar-refractivity contribution is 6.16. The third-order valence-corrected chi connectivity index (χ3v) is 2.04. The van der Waals surface area contributed by atoms with Gasteiger partial charge in [-0.3, -0.25) is 4.68 Å². The minimum Gasteiger partial charge on any atom is -0.354 e. The minimum absolute atomic E-state index is 0.362. The van der Waals surface area contributed by atoms with E-state index in [9.17, 15) is 0 Å². The van der Waals surface area contributed by atoms with Crippen LogP contribution >= 0.6 is 11.6 Å². The smallest absolute Gasteiger partial charge is 0.185 e. The highest BCUT2D eigenvalue weighted by Gasteiger charge is 2.08. The van der Waals surface area contributed by atoms with Crippen molar-refractivity contribution in [1.82, 2.24) is 14.9 Å². The van der Waals surface area contributed by atoms with Crippen LogP contribution in [0.15, 0.2) is 22.9 Å². The molecule has 0 aliphatic carbocycles. The molecule has 0 amide bonds. The Hall–Kier alpha value is -1.29. The zero-order valence-electron chi connectivity index (χ0n) is 7.07. The van der Waals surface area contributed by atoms with E-state index in [0.717, 1.165) is 11.4 Å². The molecule has 0 radical (unpaired) electrons. The lowest BCUT2D eigenvalue weighted by atomic mass is 10.3. The first-order valence-corrected chi connectivity index (χ1v) is 4.34. The molecule has 5 heteroatoms. The van der Waals surface area contributed by atoms with Crippen molar-refractivity contribution in [3.05, 3.63) is 24.0 Å². The first kappa shape index (κ1) is 8.31. The van der Waals surface area contributed by atoms with Gasteiger partial charge >= 0.3 is 0 Å². The van der Waals surface area contributed by atoms with Gasteiger partial charge in [-0.15, -0.1) is 11.6 Å². The van der Waals surface area contributed by atoms with E-state index in [2.05, 4.69) is 10.3 Å². The van der Waals surface area contributed by atoms with E-state index in [-0.39, 0.29) is 0 Å². The van der Waals surface area contributed by atoms with Crippen LogP contribution in [0.2, 0.25) is 0 Å². The summed E-state index contributed by atoms with van der Waals surface area (Å²) in [6, 6.07) is 3.67. The average molecular weight is 198 g/mol. The summed E-state index contributed by atoms with van der Waals surface area (Å²) in [5, 5.41) is 7.81. The molecule has 0 unspecified atom stereocenters. The number of hydrogen-bond donors (Lipinski definition) is 0. The van der Waals surface area contributed by atoms with Gasteiger partial charge in [0.15, 0.2) is 5.76 Å². The number of rotatable bonds is 2. The predicted molar refractivity (Wildman–Crippen MR) is 48.3 cm³/mol. The van der Waals surface area contributed by atoms with Crippen molar-refractivity contribution in [3.8, 4) is 11.5 Å². The van der Waals surface area contributed by atoms with Crippen molar-refractivity contribution >= 4 is 11.6 Å². The van der Waals surface area contributed by atoms with E-state index in [0.29, 0.717) is 11.6 Å². The Kier molecular flexibility index (Phi) is 2.06. The largest absolute Gasteiger partial charge is 0.354 e. The van der Waals surface area contributed by atoms with Gasteiger partial charge in [0.25, 0.3) is 0 Å². The molecule has 2 heterocycles. The molecule has 0 spiro atoms. The van der Waals surface area contributed by atoms with Crippen molar-refractivity contribution < 1.29 is 4.52 Å². The maximum atomic E-state index is 5.60. The third kappa shape index (κ3) is 1.45. The summed E-state index contributed by atoms with van der Waals surface area (Å²) in [6.45, 7) is 0. The van der Waals surface area contributed by atoms with Crippen LogP contribution in [0.4, 0.5) is 0 Å². The monoisotopic (exact) mass is 197 g/mol. The molecular formula is C8H8ClN3O. The van der Waals surface area contributed by atoms with E-state index in [4.69, 9.17) is 16.1 Å². The van der Waals surface area contributed by atoms with Crippen molar-refractivity contribution in [2.75, 3.05) is 0 Å². The fourth-order valence-corrected chi connectivity index (χ4v) is 1.24. The molecule has 2 aromatic rings. The quantitative estimate of drug-likeness (QED) is 0.690. The zero-order valence-corrected chi connectivity index (χ0v) is 7.82. The summed E-state index contributed by atoms with van der Waals surface area (Å²) in [7, 11) is 1.85. The molecule has 0 aliphatic heterocycles. The van der Waals surface area contributed by atoms with Crippen molar-refractivity contribution in [1.29, 1.82) is 0 Å².